The molecule has 0 atom stereocenters. The molecule has 11 rings (SSSR count). The summed E-state index contributed by atoms with van der Waals surface area (Å²) in [5.41, 5.74) is 15.1. The lowest BCUT2D eigenvalue weighted by Crippen LogP contribution is -1.96. The predicted octanol–water partition coefficient (Wildman–Crippen LogP) is 12.7. The van der Waals surface area contributed by atoms with E-state index in [1.165, 1.54) is 27.2 Å². The van der Waals surface area contributed by atoms with E-state index in [0.29, 0.717) is 0 Å². The zero-order chi connectivity index (χ0) is 37.0. The van der Waals surface area contributed by atoms with Gasteiger partial charge in [-0.05, 0) is 119 Å². The molecular weight excluding hydrogens is 683 g/mol. The molecule has 5 heteroatoms. The van der Waals surface area contributed by atoms with E-state index in [1.807, 2.05) is 48.9 Å². The molecule has 0 fully saturated rings. The summed E-state index contributed by atoms with van der Waals surface area (Å²) in [5.74, 6) is 0. The number of aromatic nitrogens is 5. The molecule has 0 radical (unpaired) electrons. The molecule has 5 nitrogen and oxygen atoms in total. The maximum atomic E-state index is 4.92. The van der Waals surface area contributed by atoms with Gasteiger partial charge in [-0.3, -0.25) is 14.5 Å². The average molecular weight is 716 g/mol. The quantitative estimate of drug-likeness (QED) is 0.172. The van der Waals surface area contributed by atoms with Crippen molar-refractivity contribution in [2.75, 3.05) is 0 Å². The van der Waals surface area contributed by atoms with Gasteiger partial charge in [-0.15, -0.1) is 0 Å². The molecule has 0 spiro atoms. The molecule has 0 amide bonds. The van der Waals surface area contributed by atoms with E-state index in [0.717, 1.165) is 72.7 Å². The second-order valence-corrected chi connectivity index (χ2v) is 14.1. The average Bonchev–Trinajstić information content (AvgIpc) is 3.79. The fourth-order valence-electron chi connectivity index (χ4n) is 8.25. The fraction of sp³-hybridized carbons (Fsp3) is 0. The Bertz CT molecular complexity index is 3160. The van der Waals surface area contributed by atoms with Crippen molar-refractivity contribution in [2.24, 2.45) is 0 Å². The van der Waals surface area contributed by atoms with Gasteiger partial charge >= 0.3 is 0 Å². The highest BCUT2D eigenvalue weighted by Crippen LogP contribution is 2.38. The molecule has 0 saturated carbocycles. The van der Waals surface area contributed by atoms with Gasteiger partial charge in [0, 0.05) is 62.6 Å². The fourth-order valence-corrected chi connectivity index (χ4v) is 8.25. The van der Waals surface area contributed by atoms with Gasteiger partial charge in [-0.25, -0.2) is 4.98 Å². The van der Waals surface area contributed by atoms with Crippen LogP contribution in [0.2, 0.25) is 0 Å². The van der Waals surface area contributed by atoms with Crippen molar-refractivity contribution in [1.29, 1.82) is 0 Å². The highest BCUT2D eigenvalue weighted by molar-refractivity contribution is 6.11. The Labute approximate surface area is 323 Å². The van der Waals surface area contributed by atoms with Gasteiger partial charge in [0.05, 0.1) is 27.9 Å². The van der Waals surface area contributed by atoms with Gasteiger partial charge in [-0.2, -0.15) is 0 Å². The molecule has 11 aromatic rings. The number of hydrogen-bond donors (Lipinski definition) is 0. The summed E-state index contributed by atoms with van der Waals surface area (Å²) in [6.45, 7) is 0. The standard InChI is InChI=1S/C51H33N5/c1-2-11-40(12-3-1)55-48-17-5-4-13-42(48)43-24-20-35(32-49(43)55)36-21-25-44-45-14-10-28-54-51(45)56(50(44)33-36)41-22-18-34(19-23-41)37-29-38(46-15-6-8-26-52-46)31-39(30-37)47-16-7-9-27-53-47/h1-33H. The van der Waals surface area contributed by atoms with E-state index < -0.39 is 0 Å². The maximum Gasteiger partial charge on any atom is 0.145 e. The minimum atomic E-state index is 0.927. The summed E-state index contributed by atoms with van der Waals surface area (Å²) in [6, 6.07) is 64.6. The van der Waals surface area contributed by atoms with Crippen molar-refractivity contribution >= 4 is 43.7 Å². The molecule has 5 heterocycles. The van der Waals surface area contributed by atoms with E-state index in [9.17, 15) is 0 Å². The van der Waals surface area contributed by atoms with E-state index >= 15 is 0 Å². The van der Waals surface area contributed by atoms with Crippen LogP contribution in [0.15, 0.2) is 201 Å². The number of pyridine rings is 3. The first-order chi connectivity index (χ1) is 27.8. The van der Waals surface area contributed by atoms with Crippen LogP contribution in [0.1, 0.15) is 0 Å². The largest absolute Gasteiger partial charge is 0.309 e. The van der Waals surface area contributed by atoms with Gasteiger partial charge in [0.25, 0.3) is 0 Å². The van der Waals surface area contributed by atoms with Crippen LogP contribution in [-0.2, 0) is 0 Å². The molecule has 0 bridgehead atoms. The summed E-state index contributed by atoms with van der Waals surface area (Å²) in [6.07, 6.45) is 5.56. The first-order valence-electron chi connectivity index (χ1n) is 18.8. The molecule has 0 unspecified atom stereocenters. The van der Waals surface area contributed by atoms with Crippen molar-refractivity contribution < 1.29 is 0 Å². The summed E-state index contributed by atoms with van der Waals surface area (Å²) in [4.78, 5) is 14.3. The predicted molar refractivity (Wildman–Crippen MR) is 230 cm³/mol. The van der Waals surface area contributed by atoms with E-state index in [-0.39, 0.29) is 0 Å². The SMILES string of the molecule is c1ccc(-n2c3ccccc3c3ccc(-c4ccc5c6cccnc6n(-c6ccc(-c7cc(-c8ccccn8)cc(-c8ccccn8)c7)cc6)c5c4)cc32)cc1. The normalized spacial score (nSPS) is 11.6. The Hall–Kier alpha value is -7.63. The van der Waals surface area contributed by atoms with Crippen molar-refractivity contribution in [1.82, 2.24) is 24.1 Å². The number of hydrogen-bond acceptors (Lipinski definition) is 3. The van der Waals surface area contributed by atoms with Crippen LogP contribution in [0.4, 0.5) is 0 Å². The maximum absolute atomic E-state index is 4.92. The van der Waals surface area contributed by atoms with Crippen molar-refractivity contribution in [3.63, 3.8) is 0 Å². The molecule has 0 aliphatic rings. The topological polar surface area (TPSA) is 48.5 Å². The lowest BCUT2D eigenvalue weighted by atomic mass is 9.96. The smallest absolute Gasteiger partial charge is 0.145 e. The van der Waals surface area contributed by atoms with E-state index in [1.54, 1.807) is 0 Å². The second kappa shape index (κ2) is 13.0. The van der Waals surface area contributed by atoms with Crippen LogP contribution in [0.3, 0.4) is 0 Å². The summed E-state index contributed by atoms with van der Waals surface area (Å²) in [7, 11) is 0. The zero-order valence-electron chi connectivity index (χ0n) is 30.3. The Morgan fingerprint density at radius 1 is 0.286 bits per heavy atom. The van der Waals surface area contributed by atoms with E-state index in [2.05, 4.69) is 171 Å². The van der Waals surface area contributed by atoms with Gasteiger partial charge in [0.1, 0.15) is 5.65 Å². The Morgan fingerprint density at radius 2 is 0.804 bits per heavy atom. The Balaban J connectivity index is 1.04. The third kappa shape index (κ3) is 5.29. The van der Waals surface area contributed by atoms with Crippen LogP contribution in [0.25, 0.3) is 99.9 Å². The zero-order valence-corrected chi connectivity index (χ0v) is 30.3. The molecule has 6 aromatic carbocycles. The van der Waals surface area contributed by atoms with Crippen molar-refractivity contribution in [2.45, 2.75) is 0 Å². The van der Waals surface area contributed by atoms with E-state index in [4.69, 9.17) is 4.98 Å². The summed E-state index contributed by atoms with van der Waals surface area (Å²) in [5, 5.41) is 4.79. The van der Waals surface area contributed by atoms with Crippen LogP contribution in [0, 0.1) is 0 Å². The lowest BCUT2D eigenvalue weighted by Gasteiger charge is -2.12. The Kier molecular flexibility index (Phi) is 7.42. The van der Waals surface area contributed by atoms with Crippen LogP contribution in [0.5, 0.6) is 0 Å². The number of nitrogens with zero attached hydrogens (tertiary/aromatic N) is 5. The molecule has 56 heavy (non-hydrogen) atoms. The monoisotopic (exact) mass is 715 g/mol. The third-order valence-corrected chi connectivity index (χ3v) is 10.9. The van der Waals surface area contributed by atoms with Crippen LogP contribution in [-0.4, -0.2) is 24.1 Å². The highest BCUT2D eigenvalue weighted by atomic mass is 15.0. The molecule has 0 N–H and O–H groups in total. The minimum Gasteiger partial charge on any atom is -0.309 e. The van der Waals surface area contributed by atoms with Crippen molar-refractivity contribution in [3.05, 3.63) is 201 Å². The van der Waals surface area contributed by atoms with Crippen molar-refractivity contribution in [3.8, 4) is 56.1 Å². The van der Waals surface area contributed by atoms with Gasteiger partial charge < -0.3 is 4.57 Å². The highest BCUT2D eigenvalue weighted by Gasteiger charge is 2.17. The molecule has 0 aliphatic carbocycles. The van der Waals surface area contributed by atoms with Gasteiger partial charge in [-0.1, -0.05) is 84.9 Å². The number of para-hydroxylation sites is 2. The van der Waals surface area contributed by atoms with Gasteiger partial charge in [0.15, 0.2) is 0 Å². The van der Waals surface area contributed by atoms with Gasteiger partial charge in [0.2, 0.25) is 0 Å². The first-order valence-corrected chi connectivity index (χ1v) is 18.8. The molecule has 262 valence electrons. The molecule has 5 aromatic heterocycles. The molecular formula is C51H33N5. The number of benzene rings is 6. The summed E-state index contributed by atoms with van der Waals surface area (Å²) >= 11 is 0. The number of rotatable bonds is 6. The second-order valence-electron chi connectivity index (χ2n) is 14.1. The third-order valence-electron chi connectivity index (χ3n) is 10.9. The van der Waals surface area contributed by atoms with Crippen LogP contribution < -0.4 is 0 Å². The Morgan fingerprint density at radius 3 is 1.48 bits per heavy atom. The molecule has 0 saturated heterocycles. The number of fused-ring (bicyclic) bond motifs is 6. The molecule has 0 aliphatic heterocycles. The minimum absolute atomic E-state index is 0.927. The lowest BCUT2D eigenvalue weighted by molar-refractivity contribution is 1.14. The first kappa shape index (κ1) is 31.9. The van der Waals surface area contributed by atoms with Crippen LogP contribution >= 0.6 is 0 Å². The summed E-state index contributed by atoms with van der Waals surface area (Å²) < 4.78 is 4.67.